The molecule has 1 aromatic heterocycles. The molecule has 2 aromatic carbocycles. The molecule has 0 radical (unpaired) electrons. The fourth-order valence-corrected chi connectivity index (χ4v) is 7.31. The van der Waals surface area contributed by atoms with Crippen molar-refractivity contribution in [3.05, 3.63) is 63.6 Å². The van der Waals surface area contributed by atoms with Crippen LogP contribution in [0.4, 0.5) is 8.78 Å². The lowest BCUT2D eigenvalue weighted by atomic mass is 9.99. The Morgan fingerprint density at radius 2 is 1.49 bits per heavy atom. The molecule has 14 nitrogen and oxygen atoms in total. The van der Waals surface area contributed by atoms with Crippen molar-refractivity contribution < 1.29 is 66.0 Å². The Morgan fingerprint density at radius 1 is 0.825 bits per heavy atom. The molecule has 0 aliphatic carbocycles. The summed E-state index contributed by atoms with van der Waals surface area (Å²) < 4.78 is 59.0. The summed E-state index contributed by atoms with van der Waals surface area (Å²) in [5.41, 5.74) is -0.454. The molecule has 1 atom stereocenters. The first kappa shape index (κ1) is 42.4. The second-order valence-electron chi connectivity index (χ2n) is 14.4. The Morgan fingerprint density at radius 3 is 2.14 bits per heavy atom. The van der Waals surface area contributed by atoms with Gasteiger partial charge in [-0.1, -0.05) is 0 Å². The smallest absolute Gasteiger partial charge is 0.306 e. The molecule has 17 heteroatoms. The summed E-state index contributed by atoms with van der Waals surface area (Å²) in [6.45, 7) is 6.08. The van der Waals surface area contributed by atoms with Gasteiger partial charge in [-0.05, 0) is 45.4 Å². The zero-order valence-electron chi connectivity index (χ0n) is 32.3. The molecule has 0 bridgehead atoms. The van der Waals surface area contributed by atoms with Crippen LogP contribution in [-0.4, -0.2) is 90.1 Å². The third-order valence-electron chi connectivity index (χ3n) is 8.93. The van der Waals surface area contributed by atoms with Crippen LogP contribution in [0.15, 0.2) is 30.4 Å². The van der Waals surface area contributed by atoms with Crippen LogP contribution < -0.4 is 14.2 Å². The number of hydrogen-bond acceptors (Lipinski definition) is 13. The molecule has 304 valence electrons. The molecule has 2 aliphatic rings. The van der Waals surface area contributed by atoms with Gasteiger partial charge in [0.25, 0.3) is 11.8 Å². The molecular formula is C40H42F2N2O12S. The molecule has 3 amide bonds. The van der Waals surface area contributed by atoms with E-state index in [1.165, 1.54) is 44.2 Å². The van der Waals surface area contributed by atoms with Gasteiger partial charge in [-0.15, -0.1) is 11.3 Å². The van der Waals surface area contributed by atoms with Crippen LogP contribution in [0, 0.1) is 11.6 Å². The van der Waals surface area contributed by atoms with Crippen LogP contribution in [-0.2, 0) is 46.5 Å². The van der Waals surface area contributed by atoms with Gasteiger partial charge < -0.3 is 28.6 Å². The maximum absolute atomic E-state index is 15.9. The number of benzene rings is 2. The lowest BCUT2D eigenvalue weighted by molar-refractivity contribution is -0.156. The topological polar surface area (TPSA) is 172 Å². The van der Waals surface area contributed by atoms with E-state index in [1.807, 2.05) is 0 Å². The summed E-state index contributed by atoms with van der Waals surface area (Å²) >= 11 is 0.973. The minimum Gasteiger partial charge on any atom is -0.496 e. The number of carbonyl (C=O) groups excluding carboxylic acids is 7. The molecule has 2 aliphatic heterocycles. The molecule has 3 heterocycles. The number of fused-ring (bicyclic) bond motifs is 2. The van der Waals surface area contributed by atoms with Crippen LogP contribution in [0.2, 0.25) is 0 Å². The molecule has 5 rings (SSSR count). The summed E-state index contributed by atoms with van der Waals surface area (Å²) in [5.74, 6) is -5.94. The van der Waals surface area contributed by atoms with Crippen molar-refractivity contribution in [3.8, 4) is 17.2 Å². The fourth-order valence-electron chi connectivity index (χ4n) is 6.26. The number of amides is 3. The minimum absolute atomic E-state index is 0.0197. The fraction of sp³-hybridized carbons (Fsp3) is 0.425. The second-order valence-corrected chi connectivity index (χ2v) is 15.4. The summed E-state index contributed by atoms with van der Waals surface area (Å²) in [4.78, 5) is 89.7. The highest BCUT2D eigenvalue weighted by atomic mass is 32.1. The number of methoxy groups -OCH3 is 2. The monoisotopic (exact) mass is 812 g/mol. The molecule has 0 N–H and O–H groups in total. The quantitative estimate of drug-likeness (QED) is 0.0936. The predicted molar refractivity (Wildman–Crippen MR) is 200 cm³/mol. The third kappa shape index (κ3) is 10.0. The van der Waals surface area contributed by atoms with Crippen molar-refractivity contribution in [2.45, 2.75) is 84.6 Å². The zero-order chi connectivity index (χ0) is 41.8. The summed E-state index contributed by atoms with van der Waals surface area (Å²) in [6, 6.07) is 4.27. The van der Waals surface area contributed by atoms with E-state index in [0.717, 1.165) is 28.4 Å². The maximum atomic E-state index is 15.9. The first-order valence-electron chi connectivity index (χ1n) is 18.0. The zero-order valence-corrected chi connectivity index (χ0v) is 33.1. The summed E-state index contributed by atoms with van der Waals surface area (Å²) in [6.07, 6.45) is 0.208. The summed E-state index contributed by atoms with van der Waals surface area (Å²) in [5, 5.41) is 0.0340. The van der Waals surface area contributed by atoms with Gasteiger partial charge in [0.2, 0.25) is 5.91 Å². The van der Waals surface area contributed by atoms with E-state index in [9.17, 15) is 33.6 Å². The first-order valence-corrected chi connectivity index (χ1v) is 18.8. The number of imide groups is 1. The first-order chi connectivity index (χ1) is 26.9. The Bertz CT molecular complexity index is 2150. The van der Waals surface area contributed by atoms with Crippen molar-refractivity contribution in [2.24, 2.45) is 0 Å². The Balaban J connectivity index is 1.19. The number of hydrogen-bond donors (Lipinski definition) is 0. The van der Waals surface area contributed by atoms with E-state index >= 15 is 8.78 Å². The number of nitrogens with zero attached hydrogens (tertiary/aromatic N) is 2. The number of Topliss-reactive ketones (excluding diaryl/α,β-unsaturated/α-hetero) is 2. The molecule has 3 aromatic rings. The number of ether oxygens (including phenoxy) is 5. The Kier molecular flexibility index (Phi) is 13.1. The maximum Gasteiger partial charge on any atom is 0.306 e. The van der Waals surface area contributed by atoms with Gasteiger partial charge in [-0.3, -0.25) is 38.5 Å². The highest BCUT2D eigenvalue weighted by molar-refractivity contribution is 7.20. The Labute approximate surface area is 330 Å². The van der Waals surface area contributed by atoms with E-state index in [2.05, 4.69) is 0 Å². The van der Waals surface area contributed by atoms with Crippen molar-refractivity contribution in [1.82, 2.24) is 9.80 Å². The normalized spacial score (nSPS) is 14.2. The lowest BCUT2D eigenvalue weighted by Crippen LogP contribution is -2.37. The van der Waals surface area contributed by atoms with E-state index < -0.39 is 65.1 Å². The van der Waals surface area contributed by atoms with Gasteiger partial charge >= 0.3 is 11.9 Å². The Hall–Kier alpha value is -5.71. The third-order valence-corrected chi connectivity index (χ3v) is 10.1. The van der Waals surface area contributed by atoms with Gasteiger partial charge in [0.1, 0.15) is 23.3 Å². The lowest BCUT2D eigenvalue weighted by Gasteiger charge is -2.20. The van der Waals surface area contributed by atoms with Crippen LogP contribution >= 0.6 is 11.3 Å². The largest absolute Gasteiger partial charge is 0.496 e. The van der Waals surface area contributed by atoms with E-state index in [-0.39, 0.29) is 96.5 Å². The number of thiophene rings is 1. The van der Waals surface area contributed by atoms with Crippen LogP contribution in [0.1, 0.15) is 91.0 Å². The van der Waals surface area contributed by atoms with Gasteiger partial charge in [-0.2, -0.15) is 0 Å². The molecule has 57 heavy (non-hydrogen) atoms. The van der Waals surface area contributed by atoms with Crippen LogP contribution in [0.5, 0.6) is 17.2 Å². The van der Waals surface area contributed by atoms with Crippen LogP contribution in [0.3, 0.4) is 0 Å². The SMILES string of the molecule is COc1cc2sc(C(=O)CCC(=O)O[C@@H](C)CN3C(=O)C=CC3=O)cc2c(F)c1OCCC(=O)c1c(OC)cc2c(c1F)CN(C(=O)CCC(=O)OC(C)(C)C)C2. The predicted octanol–water partition coefficient (Wildman–Crippen LogP) is 5.63. The average molecular weight is 813 g/mol. The van der Waals surface area contributed by atoms with Gasteiger partial charge in [0.15, 0.2) is 28.9 Å². The number of rotatable bonds is 17. The standard InChI is InChI=1S/C40H42F2N2O12S/c1-21(18-44-32(48)8-9-33(44)49)55-34(50)11-7-25(45)30-16-23-29(57-30)17-28(53-6)39(38(23)42)54-14-13-26(46)36-27(52-5)15-22-19-43(20-24(22)37(36)41)31(47)10-12-35(51)56-40(2,3)4/h8-9,15-17,21H,7,10-14,18-20H2,1-6H3/t21-/m0/s1. The van der Waals surface area contributed by atoms with Crippen LogP contribution in [0.25, 0.3) is 10.1 Å². The van der Waals surface area contributed by atoms with Gasteiger partial charge in [-0.25, -0.2) is 8.78 Å². The number of carbonyl (C=O) groups is 7. The van der Waals surface area contributed by atoms with Gasteiger partial charge in [0, 0.05) is 66.2 Å². The molecule has 0 saturated carbocycles. The van der Waals surface area contributed by atoms with Crippen molar-refractivity contribution >= 4 is 62.6 Å². The summed E-state index contributed by atoms with van der Waals surface area (Å²) in [7, 11) is 2.56. The number of ketones is 2. The van der Waals surface area contributed by atoms with Crippen molar-refractivity contribution in [2.75, 3.05) is 27.4 Å². The second kappa shape index (κ2) is 17.6. The molecular weight excluding hydrogens is 771 g/mol. The minimum atomic E-state index is -0.862. The molecule has 0 saturated heterocycles. The number of esters is 2. The molecule has 0 spiro atoms. The van der Waals surface area contributed by atoms with E-state index in [1.54, 1.807) is 20.8 Å². The van der Waals surface area contributed by atoms with E-state index in [4.69, 9.17) is 23.7 Å². The van der Waals surface area contributed by atoms with Crippen molar-refractivity contribution in [3.63, 3.8) is 0 Å². The van der Waals surface area contributed by atoms with Gasteiger partial charge in [0.05, 0.1) is 50.7 Å². The van der Waals surface area contributed by atoms with Crippen molar-refractivity contribution in [1.29, 1.82) is 0 Å². The molecule has 0 fully saturated rings. The molecule has 0 unspecified atom stereocenters. The highest BCUT2D eigenvalue weighted by Gasteiger charge is 2.32. The average Bonchev–Trinajstić information content (AvgIpc) is 3.87. The van der Waals surface area contributed by atoms with E-state index in [0.29, 0.717) is 10.3 Å². The highest BCUT2D eigenvalue weighted by Crippen LogP contribution is 2.41. The number of halogens is 2.